The maximum Gasteiger partial charge on any atom is 0.155 e. The van der Waals surface area contributed by atoms with E-state index in [4.69, 9.17) is 0 Å². The highest BCUT2D eigenvalue weighted by Gasteiger charge is 2.01. The van der Waals surface area contributed by atoms with E-state index < -0.39 is 0 Å². The van der Waals surface area contributed by atoms with E-state index in [-0.39, 0.29) is 0 Å². The quantitative estimate of drug-likeness (QED) is 0.739. The van der Waals surface area contributed by atoms with E-state index in [9.17, 15) is 0 Å². The molecule has 0 spiro atoms. The van der Waals surface area contributed by atoms with Crippen LogP contribution in [0.15, 0.2) is 27.8 Å². The van der Waals surface area contributed by atoms with Crippen LogP contribution in [-0.4, -0.2) is 14.4 Å². The van der Waals surface area contributed by atoms with E-state index >= 15 is 0 Å². The van der Waals surface area contributed by atoms with E-state index in [0.29, 0.717) is 0 Å². The maximum atomic E-state index is 4.21. The largest absolute Gasteiger partial charge is 0.288 e. The molecule has 0 fully saturated rings. The molecule has 2 aromatic heterocycles. The molecule has 0 unspecified atom stereocenters. The van der Waals surface area contributed by atoms with Gasteiger partial charge in [0.15, 0.2) is 5.65 Å². The fourth-order valence-electron chi connectivity index (χ4n) is 0.857. The van der Waals surface area contributed by atoms with Crippen LogP contribution in [-0.2, 0) is 0 Å². The molecule has 0 aliphatic heterocycles. The van der Waals surface area contributed by atoms with Crippen LogP contribution in [0.1, 0.15) is 0 Å². The summed E-state index contributed by atoms with van der Waals surface area (Å²) in [5, 5.41) is 0. The Morgan fingerprint density at radius 2 is 2.18 bits per heavy atom. The van der Waals surface area contributed by atoms with E-state index in [2.05, 4.69) is 41.8 Å². The number of imidazole rings is 1. The Balaban J connectivity index is 2.90. The minimum atomic E-state index is 0.811. The third-order valence-corrected chi connectivity index (χ3v) is 2.24. The Morgan fingerprint density at radius 3 is 2.91 bits per heavy atom. The zero-order valence-electron chi connectivity index (χ0n) is 5.33. The van der Waals surface area contributed by atoms with Gasteiger partial charge in [-0.3, -0.25) is 4.40 Å². The predicted molar refractivity (Wildman–Crippen MR) is 48.4 cm³/mol. The SMILES string of the molecule is Brc1cn2cncc(Br)c2n1. The van der Waals surface area contributed by atoms with Crippen molar-refractivity contribution in [2.45, 2.75) is 0 Å². The second-order valence-electron chi connectivity index (χ2n) is 2.04. The number of aromatic nitrogens is 3. The van der Waals surface area contributed by atoms with Crippen LogP contribution < -0.4 is 0 Å². The van der Waals surface area contributed by atoms with Crippen molar-refractivity contribution >= 4 is 37.5 Å². The van der Waals surface area contributed by atoms with Gasteiger partial charge in [0, 0.05) is 12.4 Å². The highest BCUT2D eigenvalue weighted by molar-refractivity contribution is 9.11. The molecule has 11 heavy (non-hydrogen) atoms. The van der Waals surface area contributed by atoms with Gasteiger partial charge in [0.25, 0.3) is 0 Å². The Labute approximate surface area is 79.7 Å². The average Bonchev–Trinajstić information content (AvgIpc) is 2.31. The van der Waals surface area contributed by atoms with Crippen molar-refractivity contribution in [3.8, 4) is 0 Å². The molecule has 3 nitrogen and oxygen atoms in total. The standard InChI is InChI=1S/C6H3Br2N3/c7-4-1-9-3-11-2-5(8)10-6(4)11/h1-3H. The molecule has 2 aromatic rings. The number of nitrogens with zero attached hydrogens (tertiary/aromatic N) is 3. The number of halogens is 2. The summed E-state index contributed by atoms with van der Waals surface area (Å²) < 4.78 is 3.55. The van der Waals surface area contributed by atoms with Gasteiger partial charge in [0.05, 0.1) is 4.47 Å². The van der Waals surface area contributed by atoms with Crippen LogP contribution in [0.4, 0.5) is 0 Å². The normalized spacial score (nSPS) is 10.7. The summed E-state index contributed by atoms with van der Waals surface area (Å²) in [4.78, 5) is 8.19. The Morgan fingerprint density at radius 1 is 1.36 bits per heavy atom. The molecule has 0 bridgehead atoms. The number of hydrogen-bond donors (Lipinski definition) is 0. The topological polar surface area (TPSA) is 30.2 Å². The third-order valence-electron chi connectivity index (χ3n) is 1.30. The third kappa shape index (κ3) is 1.18. The zero-order chi connectivity index (χ0) is 7.84. The molecular weight excluding hydrogens is 274 g/mol. The Kier molecular flexibility index (Phi) is 1.69. The van der Waals surface area contributed by atoms with Gasteiger partial charge >= 0.3 is 0 Å². The number of fused-ring (bicyclic) bond motifs is 1. The van der Waals surface area contributed by atoms with Gasteiger partial charge < -0.3 is 0 Å². The van der Waals surface area contributed by atoms with Crippen LogP contribution in [0.5, 0.6) is 0 Å². The van der Waals surface area contributed by atoms with Crippen molar-refractivity contribution in [1.29, 1.82) is 0 Å². The molecule has 2 heterocycles. The summed E-state index contributed by atoms with van der Waals surface area (Å²) in [6, 6.07) is 0. The minimum Gasteiger partial charge on any atom is -0.288 e. The van der Waals surface area contributed by atoms with Crippen molar-refractivity contribution in [3.63, 3.8) is 0 Å². The smallest absolute Gasteiger partial charge is 0.155 e. The first-order valence-corrected chi connectivity index (χ1v) is 4.49. The molecule has 0 aliphatic rings. The first kappa shape index (κ1) is 7.24. The lowest BCUT2D eigenvalue weighted by atomic mass is 10.6. The summed E-state index contributed by atoms with van der Waals surface area (Å²) in [5.41, 5.74) is 0.867. The highest BCUT2D eigenvalue weighted by Crippen LogP contribution is 2.17. The highest BCUT2D eigenvalue weighted by atomic mass is 79.9. The van der Waals surface area contributed by atoms with Gasteiger partial charge in [-0.1, -0.05) is 0 Å². The molecule has 0 saturated heterocycles. The molecule has 0 saturated carbocycles. The first-order valence-electron chi connectivity index (χ1n) is 2.91. The lowest BCUT2D eigenvalue weighted by Crippen LogP contribution is -1.84. The van der Waals surface area contributed by atoms with Crippen molar-refractivity contribution in [3.05, 3.63) is 27.8 Å². The minimum absolute atomic E-state index is 0.811. The van der Waals surface area contributed by atoms with E-state index in [1.54, 1.807) is 12.5 Å². The maximum absolute atomic E-state index is 4.21. The van der Waals surface area contributed by atoms with Crippen molar-refractivity contribution in [1.82, 2.24) is 14.4 Å². The van der Waals surface area contributed by atoms with Gasteiger partial charge in [-0.15, -0.1) is 0 Å². The summed E-state index contributed by atoms with van der Waals surface area (Å²) in [5.74, 6) is 0. The van der Waals surface area contributed by atoms with Crippen LogP contribution >= 0.6 is 31.9 Å². The van der Waals surface area contributed by atoms with E-state index in [1.165, 1.54) is 0 Å². The van der Waals surface area contributed by atoms with Crippen molar-refractivity contribution in [2.75, 3.05) is 0 Å². The van der Waals surface area contributed by atoms with E-state index in [1.807, 2.05) is 10.6 Å². The first-order chi connectivity index (χ1) is 5.27. The van der Waals surface area contributed by atoms with Gasteiger partial charge in [0.2, 0.25) is 0 Å². The Hall–Kier alpha value is -0.420. The summed E-state index contributed by atoms with van der Waals surface area (Å²) >= 11 is 6.62. The van der Waals surface area contributed by atoms with Gasteiger partial charge in [-0.2, -0.15) is 0 Å². The molecule has 0 aliphatic carbocycles. The van der Waals surface area contributed by atoms with E-state index in [0.717, 1.165) is 14.7 Å². The molecule has 0 radical (unpaired) electrons. The predicted octanol–water partition coefficient (Wildman–Crippen LogP) is 2.25. The molecule has 0 atom stereocenters. The summed E-state index contributed by atoms with van der Waals surface area (Å²) in [6.07, 6.45) is 5.28. The number of rotatable bonds is 0. The van der Waals surface area contributed by atoms with Gasteiger partial charge in [-0.25, -0.2) is 9.97 Å². The van der Waals surface area contributed by atoms with Crippen LogP contribution in [0.3, 0.4) is 0 Å². The van der Waals surface area contributed by atoms with Crippen LogP contribution in [0.25, 0.3) is 5.65 Å². The second-order valence-corrected chi connectivity index (χ2v) is 3.70. The number of hydrogen-bond acceptors (Lipinski definition) is 2. The average molecular weight is 277 g/mol. The molecule has 0 aromatic carbocycles. The monoisotopic (exact) mass is 275 g/mol. The molecule has 0 N–H and O–H groups in total. The second kappa shape index (κ2) is 2.57. The molecule has 0 amide bonds. The lowest BCUT2D eigenvalue weighted by Gasteiger charge is -1.91. The summed E-state index contributed by atoms with van der Waals surface area (Å²) in [6.45, 7) is 0. The van der Waals surface area contributed by atoms with Crippen molar-refractivity contribution < 1.29 is 0 Å². The fraction of sp³-hybridized carbons (Fsp3) is 0. The van der Waals surface area contributed by atoms with Crippen molar-refractivity contribution in [2.24, 2.45) is 0 Å². The van der Waals surface area contributed by atoms with Gasteiger partial charge in [0.1, 0.15) is 10.9 Å². The molecule has 56 valence electrons. The molecular formula is C6H3Br2N3. The zero-order valence-corrected chi connectivity index (χ0v) is 8.50. The Bertz CT molecular complexity index is 396. The molecule has 2 rings (SSSR count). The van der Waals surface area contributed by atoms with Crippen LogP contribution in [0, 0.1) is 0 Å². The molecule has 5 heteroatoms. The summed E-state index contributed by atoms with van der Waals surface area (Å²) in [7, 11) is 0. The lowest BCUT2D eigenvalue weighted by molar-refractivity contribution is 1.08. The van der Waals surface area contributed by atoms with Gasteiger partial charge in [-0.05, 0) is 31.9 Å². The van der Waals surface area contributed by atoms with Crippen LogP contribution in [0.2, 0.25) is 0 Å². The fourth-order valence-corrected chi connectivity index (χ4v) is 1.66.